The Hall–Kier alpha value is -2.15. The van der Waals surface area contributed by atoms with Crippen LogP contribution in [0.3, 0.4) is 0 Å². The minimum Gasteiger partial charge on any atom is -0.225 e. The summed E-state index contributed by atoms with van der Waals surface area (Å²) in [4.78, 5) is 8.22. The number of nitrogens with zero attached hydrogens (tertiary/aromatic N) is 4. The summed E-state index contributed by atoms with van der Waals surface area (Å²) < 4.78 is 3.70. The van der Waals surface area contributed by atoms with Crippen LogP contribution in [0.1, 0.15) is 0 Å². The maximum atomic E-state index is 5.20. The molecule has 0 aromatic carbocycles. The topological polar surface area (TPSA) is 34.6 Å². The van der Waals surface area contributed by atoms with Gasteiger partial charge in [0.15, 0.2) is 6.54 Å². The Kier molecular flexibility index (Phi) is 2.24. The zero-order valence-electron chi connectivity index (χ0n) is 7.54. The molecule has 0 aliphatic rings. The molecule has 0 aliphatic carbocycles. The fourth-order valence-electron chi connectivity index (χ4n) is 1.14. The van der Waals surface area contributed by atoms with Gasteiger partial charge in [0.1, 0.15) is 12.4 Å². The summed E-state index contributed by atoms with van der Waals surface area (Å²) >= 11 is 0. The fourth-order valence-corrected chi connectivity index (χ4v) is 1.14. The van der Waals surface area contributed by atoms with Crippen LogP contribution in [0.2, 0.25) is 0 Å². The van der Waals surface area contributed by atoms with Gasteiger partial charge in [-0.1, -0.05) is 5.92 Å². The highest BCUT2D eigenvalue weighted by Gasteiger charge is 2.06. The second kappa shape index (κ2) is 3.71. The lowest BCUT2D eigenvalue weighted by Crippen LogP contribution is -2.29. The van der Waals surface area contributed by atoms with Crippen molar-refractivity contribution in [1.82, 2.24) is 14.5 Å². The standard InChI is InChI=1S/C10H9N4/c1-2-6-13-7-8-14(9-13)10-11-4-3-5-12-10/h1,3-5,7-9H,6H2/q+1. The molecule has 0 bridgehead atoms. The Morgan fingerprint density at radius 3 is 2.93 bits per heavy atom. The van der Waals surface area contributed by atoms with E-state index in [4.69, 9.17) is 6.42 Å². The van der Waals surface area contributed by atoms with Gasteiger partial charge in [-0.15, -0.1) is 6.42 Å². The molecule has 0 fully saturated rings. The Bertz CT molecular complexity index is 452. The molecule has 2 aromatic rings. The summed E-state index contributed by atoms with van der Waals surface area (Å²) in [6, 6.07) is 1.78. The number of terminal acetylenes is 1. The van der Waals surface area contributed by atoms with E-state index in [2.05, 4.69) is 15.9 Å². The first-order chi connectivity index (χ1) is 6.90. The Balaban J connectivity index is 2.31. The molecule has 68 valence electrons. The fraction of sp³-hybridized carbons (Fsp3) is 0.100. The van der Waals surface area contributed by atoms with Crippen molar-refractivity contribution in [3.8, 4) is 18.3 Å². The number of imidazole rings is 1. The van der Waals surface area contributed by atoms with E-state index < -0.39 is 0 Å². The van der Waals surface area contributed by atoms with E-state index in [-0.39, 0.29) is 0 Å². The van der Waals surface area contributed by atoms with Gasteiger partial charge in [0.05, 0.1) is 0 Å². The first-order valence-electron chi connectivity index (χ1n) is 4.18. The van der Waals surface area contributed by atoms with Crippen LogP contribution in [0.15, 0.2) is 37.2 Å². The van der Waals surface area contributed by atoms with Crippen molar-refractivity contribution in [1.29, 1.82) is 0 Å². The first-order valence-corrected chi connectivity index (χ1v) is 4.18. The van der Waals surface area contributed by atoms with Crippen LogP contribution in [-0.2, 0) is 6.54 Å². The van der Waals surface area contributed by atoms with Crippen LogP contribution >= 0.6 is 0 Å². The van der Waals surface area contributed by atoms with Gasteiger partial charge >= 0.3 is 5.95 Å². The van der Waals surface area contributed by atoms with Gasteiger partial charge in [0.2, 0.25) is 0 Å². The molecule has 0 aliphatic heterocycles. The summed E-state index contributed by atoms with van der Waals surface area (Å²) in [6.45, 7) is 0.555. The van der Waals surface area contributed by atoms with E-state index in [1.165, 1.54) is 0 Å². The lowest BCUT2D eigenvalue weighted by molar-refractivity contribution is -0.684. The van der Waals surface area contributed by atoms with Crippen LogP contribution in [0, 0.1) is 12.3 Å². The summed E-state index contributed by atoms with van der Waals surface area (Å²) in [5, 5.41) is 0. The highest BCUT2D eigenvalue weighted by atomic mass is 15.2. The third-order valence-corrected chi connectivity index (χ3v) is 1.75. The summed E-state index contributed by atoms with van der Waals surface area (Å²) in [5.41, 5.74) is 0. The Labute approximate surface area is 81.9 Å². The lowest BCUT2D eigenvalue weighted by atomic mass is 10.6. The van der Waals surface area contributed by atoms with Gasteiger partial charge in [-0.25, -0.2) is 4.57 Å². The van der Waals surface area contributed by atoms with Crippen molar-refractivity contribution < 1.29 is 4.57 Å². The summed E-state index contributed by atoms with van der Waals surface area (Å²) in [7, 11) is 0. The molecule has 0 amide bonds. The normalized spacial score (nSPS) is 9.64. The van der Waals surface area contributed by atoms with Crippen molar-refractivity contribution in [3.63, 3.8) is 0 Å². The average molecular weight is 185 g/mol. The molecule has 2 heterocycles. The van der Waals surface area contributed by atoms with Crippen LogP contribution in [0.4, 0.5) is 0 Å². The largest absolute Gasteiger partial charge is 0.325 e. The molecule has 2 aromatic heterocycles. The molecule has 0 saturated carbocycles. The molecule has 0 N–H and O–H groups in total. The van der Waals surface area contributed by atoms with Gasteiger partial charge in [0, 0.05) is 12.4 Å². The minimum atomic E-state index is 0.555. The number of hydrogen-bond acceptors (Lipinski definition) is 2. The van der Waals surface area contributed by atoms with Gasteiger partial charge in [-0.2, -0.15) is 14.5 Å². The van der Waals surface area contributed by atoms with Gasteiger partial charge in [0.25, 0.3) is 6.33 Å². The summed E-state index contributed by atoms with van der Waals surface area (Å²) in [5.74, 6) is 3.20. The zero-order valence-corrected chi connectivity index (χ0v) is 7.54. The maximum Gasteiger partial charge on any atom is 0.325 e. The van der Waals surface area contributed by atoms with Crippen LogP contribution in [0.25, 0.3) is 5.95 Å². The molecule has 0 saturated heterocycles. The molecule has 0 unspecified atom stereocenters. The van der Waals surface area contributed by atoms with E-state index in [1.54, 1.807) is 18.5 Å². The van der Waals surface area contributed by atoms with E-state index in [0.717, 1.165) is 0 Å². The molecule has 0 spiro atoms. The van der Waals surface area contributed by atoms with E-state index in [1.807, 2.05) is 27.9 Å². The van der Waals surface area contributed by atoms with Crippen molar-refractivity contribution in [2.45, 2.75) is 6.54 Å². The maximum absolute atomic E-state index is 5.20. The van der Waals surface area contributed by atoms with Crippen LogP contribution < -0.4 is 4.57 Å². The molecule has 2 rings (SSSR count). The van der Waals surface area contributed by atoms with E-state index >= 15 is 0 Å². The Morgan fingerprint density at radius 1 is 1.43 bits per heavy atom. The molecular weight excluding hydrogens is 176 g/mol. The smallest absolute Gasteiger partial charge is 0.225 e. The Morgan fingerprint density at radius 2 is 2.21 bits per heavy atom. The number of rotatable bonds is 2. The van der Waals surface area contributed by atoms with Crippen molar-refractivity contribution in [2.75, 3.05) is 0 Å². The van der Waals surface area contributed by atoms with Gasteiger partial charge < -0.3 is 0 Å². The van der Waals surface area contributed by atoms with Crippen molar-refractivity contribution >= 4 is 0 Å². The van der Waals surface area contributed by atoms with E-state index in [9.17, 15) is 0 Å². The number of aromatic nitrogens is 4. The predicted octanol–water partition coefficient (Wildman–Crippen LogP) is 0.188. The van der Waals surface area contributed by atoms with Crippen LogP contribution in [-0.4, -0.2) is 14.5 Å². The van der Waals surface area contributed by atoms with Crippen molar-refractivity contribution in [2.24, 2.45) is 0 Å². The molecule has 0 radical (unpaired) electrons. The second-order valence-corrected chi connectivity index (χ2v) is 2.75. The quantitative estimate of drug-likeness (QED) is 0.494. The lowest BCUT2D eigenvalue weighted by Gasteiger charge is -1.90. The molecular formula is C10H9N4+. The average Bonchev–Trinajstić information content (AvgIpc) is 2.68. The number of hydrogen-bond donors (Lipinski definition) is 0. The minimum absolute atomic E-state index is 0.555. The highest BCUT2D eigenvalue weighted by Crippen LogP contribution is 1.95. The van der Waals surface area contributed by atoms with Crippen molar-refractivity contribution in [3.05, 3.63) is 37.2 Å². The van der Waals surface area contributed by atoms with Gasteiger partial charge in [-0.05, 0) is 6.07 Å². The zero-order chi connectivity index (χ0) is 9.80. The predicted molar refractivity (Wildman–Crippen MR) is 50.4 cm³/mol. The second-order valence-electron chi connectivity index (χ2n) is 2.75. The molecule has 4 heteroatoms. The molecule has 4 nitrogen and oxygen atoms in total. The molecule has 14 heavy (non-hydrogen) atoms. The summed E-state index contributed by atoms with van der Waals surface area (Å²) in [6.07, 6.45) is 14.2. The molecule has 0 atom stereocenters. The van der Waals surface area contributed by atoms with Gasteiger partial charge in [-0.3, -0.25) is 0 Å². The third kappa shape index (κ3) is 1.62. The monoisotopic (exact) mass is 185 g/mol. The SMILES string of the molecule is C#CC[n+]1ccn(-c2ncccn2)c1. The third-order valence-electron chi connectivity index (χ3n) is 1.75. The van der Waals surface area contributed by atoms with Crippen LogP contribution in [0.5, 0.6) is 0 Å². The van der Waals surface area contributed by atoms with E-state index in [0.29, 0.717) is 12.5 Å². The highest BCUT2D eigenvalue weighted by molar-refractivity contribution is 5.07. The first kappa shape index (κ1) is 8.45.